The first-order valence-corrected chi connectivity index (χ1v) is 23.1. The molecule has 0 heterocycles. The molecule has 1 unspecified atom stereocenters. The monoisotopic (exact) mass is 779 g/mol. The molecular formula is C45H79O8P. The molecule has 0 aromatic heterocycles. The van der Waals surface area contributed by atoms with Crippen LogP contribution in [-0.2, 0) is 28.2 Å². The molecule has 0 aliphatic carbocycles. The molecule has 0 spiro atoms. The molecule has 0 aromatic carbocycles. The summed E-state index contributed by atoms with van der Waals surface area (Å²) in [5.74, 6) is -0.950. The molecular weight excluding hydrogens is 699 g/mol. The van der Waals surface area contributed by atoms with Gasteiger partial charge < -0.3 is 19.3 Å². The Bertz CT molecular complexity index is 1060. The number of unbranched alkanes of at least 4 members (excludes halogenated alkanes) is 19. The van der Waals surface area contributed by atoms with E-state index in [4.69, 9.17) is 19.3 Å². The van der Waals surface area contributed by atoms with E-state index in [-0.39, 0.29) is 19.4 Å². The van der Waals surface area contributed by atoms with Gasteiger partial charge in [0.25, 0.3) is 0 Å². The number of rotatable bonds is 39. The maximum absolute atomic E-state index is 12.4. The molecule has 0 aliphatic rings. The van der Waals surface area contributed by atoms with Gasteiger partial charge in [-0.2, -0.15) is 0 Å². The van der Waals surface area contributed by atoms with E-state index in [0.29, 0.717) is 12.8 Å². The van der Waals surface area contributed by atoms with E-state index in [9.17, 15) is 14.2 Å². The van der Waals surface area contributed by atoms with E-state index in [1.54, 1.807) is 0 Å². The summed E-state index contributed by atoms with van der Waals surface area (Å²) in [6, 6.07) is 0. The first kappa shape index (κ1) is 51.8. The third-order valence-corrected chi connectivity index (χ3v) is 9.54. The van der Waals surface area contributed by atoms with Crippen LogP contribution in [0, 0.1) is 0 Å². The number of hydrogen-bond donors (Lipinski definition) is 2. The normalized spacial score (nSPS) is 13.0. The predicted octanol–water partition coefficient (Wildman–Crippen LogP) is 13.3. The van der Waals surface area contributed by atoms with Gasteiger partial charge in [-0.1, -0.05) is 190 Å². The molecule has 2 N–H and O–H groups in total. The summed E-state index contributed by atoms with van der Waals surface area (Å²) < 4.78 is 26.4. The van der Waals surface area contributed by atoms with Gasteiger partial charge in [0.1, 0.15) is 6.61 Å². The summed E-state index contributed by atoms with van der Waals surface area (Å²) >= 11 is 0. The Kier molecular flexibility index (Phi) is 38.7. The van der Waals surface area contributed by atoms with Gasteiger partial charge in [-0.05, 0) is 51.4 Å². The van der Waals surface area contributed by atoms with Gasteiger partial charge in [-0.15, -0.1) is 0 Å². The number of ether oxygens (including phenoxy) is 2. The Balaban J connectivity index is 3.97. The Morgan fingerprint density at radius 1 is 0.500 bits per heavy atom. The van der Waals surface area contributed by atoms with Crippen molar-refractivity contribution in [3.63, 3.8) is 0 Å². The summed E-state index contributed by atoms with van der Waals surface area (Å²) in [7, 11) is -4.77. The number of carbonyl (C=O) groups excluding carboxylic acids is 2. The average molecular weight is 779 g/mol. The molecule has 0 saturated carbocycles. The largest absolute Gasteiger partial charge is 0.469 e. The van der Waals surface area contributed by atoms with Crippen molar-refractivity contribution >= 4 is 19.8 Å². The van der Waals surface area contributed by atoms with E-state index < -0.39 is 32.5 Å². The summed E-state index contributed by atoms with van der Waals surface area (Å²) in [5, 5.41) is 0. The Hall–Kier alpha value is -2.25. The first-order valence-electron chi connectivity index (χ1n) is 21.6. The SMILES string of the molecule is CC/C=C\C/C=C\C/C=C\C/C=C\C/C=C\CCCC(=O)OC(COC(=O)CCCCCCCCCCCCCCCCCCCCC)COP(=O)(O)O. The van der Waals surface area contributed by atoms with Crippen LogP contribution in [0.15, 0.2) is 60.8 Å². The lowest BCUT2D eigenvalue weighted by molar-refractivity contribution is -0.161. The van der Waals surface area contributed by atoms with Crippen LogP contribution in [0.25, 0.3) is 0 Å². The van der Waals surface area contributed by atoms with Crippen LogP contribution < -0.4 is 0 Å². The number of hydrogen-bond acceptors (Lipinski definition) is 6. The first-order chi connectivity index (χ1) is 26.3. The zero-order valence-electron chi connectivity index (χ0n) is 34.4. The molecule has 0 fully saturated rings. The standard InChI is InChI=1S/C45H79O8P/c1-3-5-7-9-11-13-15-17-19-21-22-24-25-27-29-31-33-35-37-39-44(46)51-41-43(42-52-54(48,49)50)53-45(47)40-38-36-34-32-30-28-26-23-20-18-16-14-12-10-8-6-4-2/h6,8,12,14,18,20,26,28,32,34,43H,3-5,7,9-11,13,15-17,19,21-25,27,29-31,33,35-42H2,1-2H3,(H2,48,49,50)/b8-6-,14-12-,20-18-,28-26-,34-32-. The fourth-order valence-electron chi connectivity index (χ4n) is 5.88. The van der Waals surface area contributed by atoms with Crippen LogP contribution in [0.2, 0.25) is 0 Å². The van der Waals surface area contributed by atoms with Gasteiger partial charge in [0, 0.05) is 12.8 Å². The molecule has 0 amide bonds. The van der Waals surface area contributed by atoms with Crippen LogP contribution in [-0.4, -0.2) is 41.0 Å². The Morgan fingerprint density at radius 2 is 0.889 bits per heavy atom. The summed E-state index contributed by atoms with van der Waals surface area (Å²) in [6.07, 6.45) is 51.0. The number of phosphoric ester groups is 1. The smallest absolute Gasteiger partial charge is 0.462 e. The quantitative estimate of drug-likeness (QED) is 0.0274. The second kappa shape index (κ2) is 40.4. The number of phosphoric acid groups is 1. The number of carbonyl (C=O) groups is 2. The minimum absolute atomic E-state index is 0.133. The van der Waals surface area contributed by atoms with Crippen molar-refractivity contribution in [2.45, 2.75) is 200 Å². The van der Waals surface area contributed by atoms with Crippen molar-refractivity contribution in [1.29, 1.82) is 0 Å². The van der Waals surface area contributed by atoms with Gasteiger partial charge >= 0.3 is 19.8 Å². The van der Waals surface area contributed by atoms with E-state index in [2.05, 4.69) is 73.1 Å². The van der Waals surface area contributed by atoms with E-state index in [1.807, 2.05) is 6.08 Å². The van der Waals surface area contributed by atoms with Crippen molar-refractivity contribution in [2.24, 2.45) is 0 Å². The summed E-state index contributed by atoms with van der Waals surface area (Å²) in [6.45, 7) is 3.54. The predicted molar refractivity (Wildman–Crippen MR) is 225 cm³/mol. The molecule has 0 rings (SSSR count). The van der Waals surface area contributed by atoms with Crippen molar-refractivity contribution in [3.05, 3.63) is 60.8 Å². The molecule has 9 heteroatoms. The topological polar surface area (TPSA) is 119 Å². The van der Waals surface area contributed by atoms with Gasteiger partial charge in [0.05, 0.1) is 6.61 Å². The summed E-state index contributed by atoms with van der Waals surface area (Å²) in [4.78, 5) is 42.9. The van der Waals surface area contributed by atoms with Crippen molar-refractivity contribution in [3.8, 4) is 0 Å². The minimum Gasteiger partial charge on any atom is -0.462 e. The highest BCUT2D eigenvalue weighted by Crippen LogP contribution is 2.36. The molecule has 0 saturated heterocycles. The fourth-order valence-corrected chi connectivity index (χ4v) is 6.24. The zero-order valence-corrected chi connectivity index (χ0v) is 35.2. The highest BCUT2D eigenvalue weighted by atomic mass is 31.2. The van der Waals surface area contributed by atoms with Crippen LogP contribution >= 0.6 is 7.82 Å². The lowest BCUT2D eigenvalue weighted by Crippen LogP contribution is -2.29. The Morgan fingerprint density at radius 3 is 1.31 bits per heavy atom. The van der Waals surface area contributed by atoms with Crippen LogP contribution in [0.5, 0.6) is 0 Å². The van der Waals surface area contributed by atoms with Crippen molar-refractivity contribution in [2.75, 3.05) is 13.2 Å². The third kappa shape index (κ3) is 42.5. The average Bonchev–Trinajstić information content (AvgIpc) is 3.14. The summed E-state index contributed by atoms with van der Waals surface area (Å²) in [5.41, 5.74) is 0. The van der Waals surface area contributed by atoms with Gasteiger partial charge in [0.15, 0.2) is 6.10 Å². The maximum Gasteiger partial charge on any atom is 0.469 e. The van der Waals surface area contributed by atoms with Crippen LogP contribution in [0.3, 0.4) is 0 Å². The van der Waals surface area contributed by atoms with Crippen molar-refractivity contribution in [1.82, 2.24) is 0 Å². The maximum atomic E-state index is 12.4. The van der Waals surface area contributed by atoms with Gasteiger partial charge in [-0.25, -0.2) is 4.57 Å². The number of allylic oxidation sites excluding steroid dienone is 10. The lowest BCUT2D eigenvalue weighted by atomic mass is 10.0. The molecule has 54 heavy (non-hydrogen) atoms. The molecule has 8 nitrogen and oxygen atoms in total. The third-order valence-electron chi connectivity index (χ3n) is 9.05. The molecule has 0 aromatic rings. The van der Waals surface area contributed by atoms with Crippen molar-refractivity contribution < 1.29 is 37.9 Å². The minimum atomic E-state index is -4.77. The second-order valence-corrected chi connectivity index (χ2v) is 15.5. The van der Waals surface area contributed by atoms with Gasteiger partial charge in [0.2, 0.25) is 0 Å². The number of esters is 2. The highest BCUT2D eigenvalue weighted by molar-refractivity contribution is 7.46. The molecule has 312 valence electrons. The zero-order chi connectivity index (χ0) is 39.6. The van der Waals surface area contributed by atoms with Crippen LogP contribution in [0.4, 0.5) is 0 Å². The van der Waals surface area contributed by atoms with Crippen LogP contribution in [0.1, 0.15) is 194 Å². The van der Waals surface area contributed by atoms with E-state index in [1.165, 1.54) is 103 Å². The molecule has 0 radical (unpaired) electrons. The van der Waals surface area contributed by atoms with E-state index >= 15 is 0 Å². The fraction of sp³-hybridized carbons (Fsp3) is 0.733. The lowest BCUT2D eigenvalue weighted by Gasteiger charge is -2.18. The second-order valence-electron chi connectivity index (χ2n) is 14.3. The molecule has 1 atom stereocenters. The van der Waals surface area contributed by atoms with E-state index in [0.717, 1.165) is 51.4 Å². The van der Waals surface area contributed by atoms with Gasteiger partial charge in [-0.3, -0.25) is 14.1 Å². The molecule has 0 aliphatic heterocycles. The highest BCUT2D eigenvalue weighted by Gasteiger charge is 2.22. The Labute approximate surface area is 330 Å². The molecule has 0 bridgehead atoms.